The van der Waals surface area contributed by atoms with Crippen LogP contribution in [0, 0.1) is 6.92 Å². The monoisotopic (exact) mass is 446 g/mol. The summed E-state index contributed by atoms with van der Waals surface area (Å²) in [6.45, 7) is 16.9. The van der Waals surface area contributed by atoms with Crippen molar-refractivity contribution in [2.75, 3.05) is 10.6 Å². The molecule has 31 heavy (non-hydrogen) atoms. The lowest BCUT2D eigenvalue weighted by atomic mass is 9.80. The number of phenols is 1. The maximum atomic E-state index is 10.5. The smallest absolute Gasteiger partial charge is 0.233 e. The Labute approximate surface area is 190 Å². The molecule has 0 spiro atoms. The van der Waals surface area contributed by atoms with Gasteiger partial charge in [0.25, 0.3) is 0 Å². The van der Waals surface area contributed by atoms with Gasteiger partial charge in [0.05, 0.1) is 0 Å². The average molecular weight is 447 g/mol. The van der Waals surface area contributed by atoms with Crippen LogP contribution in [-0.2, 0) is 5.41 Å². The van der Waals surface area contributed by atoms with Crippen molar-refractivity contribution in [3.05, 3.63) is 28.5 Å². The summed E-state index contributed by atoms with van der Waals surface area (Å²) >= 11 is 6.21. The number of aromatic nitrogens is 3. The first kappa shape index (κ1) is 23.5. The summed E-state index contributed by atoms with van der Waals surface area (Å²) in [6.07, 6.45) is 1.88. The van der Waals surface area contributed by atoms with E-state index in [4.69, 9.17) is 11.6 Å². The van der Waals surface area contributed by atoms with Crippen LogP contribution in [-0.4, -0.2) is 37.2 Å². The SMILES string of the molecule is Cc1cc(Nc2nc(Cl)nc(NC3CC(C)(C)NC(C)(C)C3)n2)cc(C(C)(C)C)c1O. The summed E-state index contributed by atoms with van der Waals surface area (Å²) < 4.78 is 0. The zero-order valence-corrected chi connectivity index (χ0v) is 20.6. The number of rotatable bonds is 4. The number of hydrogen-bond acceptors (Lipinski definition) is 7. The topological polar surface area (TPSA) is 95.0 Å². The van der Waals surface area contributed by atoms with Crippen LogP contribution in [0.25, 0.3) is 0 Å². The van der Waals surface area contributed by atoms with Gasteiger partial charge in [0.15, 0.2) is 0 Å². The lowest BCUT2D eigenvalue weighted by Crippen LogP contribution is -2.60. The number of halogens is 1. The zero-order valence-electron chi connectivity index (χ0n) is 19.8. The molecule has 0 bridgehead atoms. The van der Waals surface area contributed by atoms with Crippen molar-refractivity contribution in [1.29, 1.82) is 0 Å². The zero-order chi connectivity index (χ0) is 23.2. The summed E-state index contributed by atoms with van der Waals surface area (Å²) in [7, 11) is 0. The van der Waals surface area contributed by atoms with Gasteiger partial charge in [-0.3, -0.25) is 0 Å². The Hall–Kier alpha value is -2.12. The molecular formula is C23H35ClN6O. The Balaban J connectivity index is 1.85. The van der Waals surface area contributed by atoms with Gasteiger partial charge in [-0.15, -0.1) is 0 Å². The highest BCUT2D eigenvalue weighted by atomic mass is 35.5. The number of piperidine rings is 1. The van der Waals surface area contributed by atoms with Gasteiger partial charge in [0.2, 0.25) is 17.2 Å². The molecule has 2 aromatic rings. The third-order valence-corrected chi connectivity index (χ3v) is 5.67. The minimum absolute atomic E-state index is 0.00421. The Morgan fingerprint density at radius 1 is 1.03 bits per heavy atom. The molecule has 1 aliphatic rings. The van der Waals surface area contributed by atoms with Gasteiger partial charge >= 0.3 is 0 Å². The van der Waals surface area contributed by atoms with Crippen LogP contribution in [0.3, 0.4) is 0 Å². The van der Waals surface area contributed by atoms with Gasteiger partial charge in [-0.05, 0) is 82.2 Å². The third-order valence-electron chi connectivity index (χ3n) is 5.50. The second-order valence-corrected chi connectivity index (χ2v) is 11.3. The summed E-state index contributed by atoms with van der Waals surface area (Å²) in [5.41, 5.74) is 2.23. The minimum Gasteiger partial charge on any atom is -0.507 e. The number of phenolic OH excluding ortho intramolecular Hbond substituents is 1. The van der Waals surface area contributed by atoms with E-state index in [2.05, 4.69) is 79.4 Å². The molecule has 3 rings (SSSR count). The molecule has 0 atom stereocenters. The van der Waals surface area contributed by atoms with E-state index < -0.39 is 0 Å². The fourth-order valence-corrected chi connectivity index (χ4v) is 4.79. The predicted molar refractivity (Wildman–Crippen MR) is 128 cm³/mol. The van der Waals surface area contributed by atoms with Gasteiger partial charge in [0.1, 0.15) is 5.75 Å². The molecule has 4 N–H and O–H groups in total. The number of benzene rings is 1. The number of nitrogens with one attached hydrogen (secondary N) is 3. The second kappa shape index (κ2) is 8.10. The first-order chi connectivity index (χ1) is 14.1. The summed E-state index contributed by atoms with van der Waals surface area (Å²) in [5, 5.41) is 20.9. The number of nitrogens with zero attached hydrogens (tertiary/aromatic N) is 3. The molecule has 1 aliphatic heterocycles. The van der Waals surface area contributed by atoms with Crippen molar-refractivity contribution in [3.63, 3.8) is 0 Å². The lowest BCUT2D eigenvalue weighted by Gasteiger charge is -2.46. The van der Waals surface area contributed by atoms with Gasteiger partial charge in [-0.1, -0.05) is 20.8 Å². The highest BCUT2D eigenvalue weighted by Crippen LogP contribution is 2.36. The van der Waals surface area contributed by atoms with E-state index in [-0.39, 0.29) is 27.8 Å². The van der Waals surface area contributed by atoms with Crippen molar-refractivity contribution < 1.29 is 5.11 Å². The molecule has 8 heteroatoms. The molecule has 1 aromatic heterocycles. The molecule has 170 valence electrons. The molecule has 0 unspecified atom stereocenters. The molecular weight excluding hydrogens is 412 g/mol. The molecule has 2 heterocycles. The van der Waals surface area contributed by atoms with Crippen molar-refractivity contribution in [2.24, 2.45) is 0 Å². The first-order valence-electron chi connectivity index (χ1n) is 10.7. The van der Waals surface area contributed by atoms with Crippen LogP contribution in [0.15, 0.2) is 12.1 Å². The average Bonchev–Trinajstić information content (AvgIpc) is 2.53. The van der Waals surface area contributed by atoms with Gasteiger partial charge in [-0.25, -0.2) is 0 Å². The van der Waals surface area contributed by atoms with Crippen molar-refractivity contribution in [3.8, 4) is 5.75 Å². The summed E-state index contributed by atoms with van der Waals surface area (Å²) in [6, 6.07) is 4.00. The van der Waals surface area contributed by atoms with Crippen LogP contribution >= 0.6 is 11.6 Å². The van der Waals surface area contributed by atoms with Crippen molar-refractivity contribution in [2.45, 2.75) is 90.8 Å². The number of aromatic hydroxyl groups is 1. The second-order valence-electron chi connectivity index (χ2n) is 11.0. The maximum absolute atomic E-state index is 10.5. The van der Waals surface area contributed by atoms with Crippen LogP contribution in [0.5, 0.6) is 5.75 Å². The molecule has 1 fully saturated rings. The van der Waals surface area contributed by atoms with Gasteiger partial charge in [-0.2, -0.15) is 15.0 Å². The van der Waals surface area contributed by atoms with E-state index >= 15 is 0 Å². The maximum Gasteiger partial charge on any atom is 0.233 e. The van der Waals surface area contributed by atoms with Crippen molar-refractivity contribution in [1.82, 2.24) is 20.3 Å². The van der Waals surface area contributed by atoms with Crippen molar-refractivity contribution >= 4 is 29.2 Å². The number of anilines is 3. The van der Waals surface area contributed by atoms with Gasteiger partial charge < -0.3 is 21.1 Å². The largest absolute Gasteiger partial charge is 0.507 e. The minimum atomic E-state index is -0.204. The first-order valence-corrected chi connectivity index (χ1v) is 11.1. The fourth-order valence-electron chi connectivity index (χ4n) is 4.63. The standard InChI is InChI=1S/C23H35ClN6O/c1-13-9-14(10-16(17(13)31)21(2,3)4)25-19-27-18(24)28-20(29-19)26-15-11-22(5,6)30-23(7,8)12-15/h9-10,15,30-31H,11-12H2,1-8H3,(H2,25,26,27,28,29). The normalized spacial score (nSPS) is 18.6. The highest BCUT2D eigenvalue weighted by Gasteiger charge is 2.38. The van der Waals surface area contributed by atoms with E-state index in [0.29, 0.717) is 17.6 Å². The summed E-state index contributed by atoms with van der Waals surface area (Å²) in [4.78, 5) is 13.1. The number of hydrogen-bond donors (Lipinski definition) is 4. The molecule has 0 aliphatic carbocycles. The van der Waals surface area contributed by atoms with E-state index in [0.717, 1.165) is 29.7 Å². The Morgan fingerprint density at radius 3 is 2.19 bits per heavy atom. The lowest BCUT2D eigenvalue weighted by molar-refractivity contribution is 0.170. The Morgan fingerprint density at radius 2 is 1.61 bits per heavy atom. The molecule has 0 amide bonds. The van der Waals surface area contributed by atoms with Crippen LogP contribution < -0.4 is 16.0 Å². The molecule has 1 saturated heterocycles. The summed E-state index contributed by atoms with van der Waals surface area (Å²) in [5.74, 6) is 1.12. The van der Waals surface area contributed by atoms with E-state index in [1.807, 2.05) is 19.1 Å². The predicted octanol–water partition coefficient (Wildman–Crippen LogP) is 5.30. The number of aryl methyl sites for hydroxylation is 1. The van der Waals surface area contributed by atoms with Crippen LogP contribution in [0.1, 0.15) is 72.4 Å². The molecule has 1 aromatic carbocycles. The van der Waals surface area contributed by atoms with Crippen LogP contribution in [0.2, 0.25) is 5.28 Å². The Bertz CT molecular complexity index is 951. The van der Waals surface area contributed by atoms with E-state index in [1.165, 1.54) is 0 Å². The highest BCUT2D eigenvalue weighted by molar-refractivity contribution is 6.28. The molecule has 7 nitrogen and oxygen atoms in total. The van der Waals surface area contributed by atoms with E-state index in [9.17, 15) is 5.11 Å². The third kappa shape index (κ3) is 5.98. The Kier molecular flexibility index (Phi) is 6.15. The van der Waals surface area contributed by atoms with Gasteiger partial charge in [0, 0.05) is 28.4 Å². The molecule has 0 saturated carbocycles. The van der Waals surface area contributed by atoms with Crippen LogP contribution in [0.4, 0.5) is 17.6 Å². The molecule has 0 radical (unpaired) electrons. The van der Waals surface area contributed by atoms with E-state index in [1.54, 1.807) is 0 Å². The quantitative estimate of drug-likeness (QED) is 0.473. The fraction of sp³-hybridized carbons (Fsp3) is 0.609.